The first-order valence-electron chi connectivity index (χ1n) is 23.2. The number of hydrogen-bond acceptors (Lipinski definition) is 10. The van der Waals surface area contributed by atoms with Gasteiger partial charge < -0.3 is 49.3 Å². The van der Waals surface area contributed by atoms with Crippen molar-refractivity contribution in [2.45, 2.75) is 122 Å². The number of aromatic amines is 2. The van der Waals surface area contributed by atoms with E-state index in [9.17, 15) is 19.2 Å². The Morgan fingerprint density at radius 3 is 2.35 bits per heavy atom. The maximum absolute atomic E-state index is 14.7. The average Bonchev–Trinajstić information content (AvgIpc) is 4.15. The lowest BCUT2D eigenvalue weighted by molar-refractivity contribution is -0.139. The van der Waals surface area contributed by atoms with Gasteiger partial charge in [-0.2, -0.15) is 0 Å². The van der Waals surface area contributed by atoms with Crippen molar-refractivity contribution < 1.29 is 38.1 Å². The number of nitrogens with zero attached hydrogens (tertiary/aromatic N) is 4. The van der Waals surface area contributed by atoms with Gasteiger partial charge in [0.25, 0.3) is 0 Å². The van der Waals surface area contributed by atoms with Gasteiger partial charge in [0, 0.05) is 36.2 Å². The fourth-order valence-electron chi connectivity index (χ4n) is 10.7. The van der Waals surface area contributed by atoms with E-state index in [1.54, 1.807) is 0 Å². The Balaban J connectivity index is 0.975. The predicted molar refractivity (Wildman–Crippen MR) is 244 cm³/mol. The number of ether oxygens (including phenoxy) is 4. The smallest absolute Gasteiger partial charge is 0.407 e. The number of hydrogen-bond donors (Lipinski definition) is 4. The van der Waals surface area contributed by atoms with Crippen molar-refractivity contribution in [3.8, 4) is 28.1 Å². The maximum atomic E-state index is 14.7. The molecule has 2 aromatic heterocycles. The summed E-state index contributed by atoms with van der Waals surface area (Å²) in [4.78, 5) is 74.2. The number of benzene rings is 3. The van der Waals surface area contributed by atoms with Crippen molar-refractivity contribution in [2.75, 3.05) is 27.4 Å². The molecule has 65 heavy (non-hydrogen) atoms. The Morgan fingerprint density at radius 1 is 0.846 bits per heavy atom. The molecule has 4 N–H and O–H groups in total. The van der Waals surface area contributed by atoms with E-state index in [1.165, 1.54) is 14.2 Å². The zero-order valence-corrected chi connectivity index (χ0v) is 38.1. The molecule has 9 rings (SSSR count). The van der Waals surface area contributed by atoms with Crippen LogP contribution in [-0.4, -0.2) is 105 Å². The summed E-state index contributed by atoms with van der Waals surface area (Å²) < 4.78 is 21.9. The summed E-state index contributed by atoms with van der Waals surface area (Å²) in [6.45, 7) is 9.46. The Hall–Kier alpha value is -6.16. The van der Waals surface area contributed by atoms with Crippen LogP contribution in [0.5, 0.6) is 5.75 Å². The van der Waals surface area contributed by atoms with Gasteiger partial charge in [-0.3, -0.25) is 9.59 Å². The Labute approximate surface area is 378 Å². The lowest BCUT2D eigenvalue weighted by Crippen LogP contribution is -2.54. The highest BCUT2D eigenvalue weighted by molar-refractivity contribution is 6.07. The molecule has 16 nitrogen and oxygen atoms in total. The summed E-state index contributed by atoms with van der Waals surface area (Å²) >= 11 is 0. The summed E-state index contributed by atoms with van der Waals surface area (Å²) in [5.74, 6) is 1.79. The van der Waals surface area contributed by atoms with Crippen molar-refractivity contribution in [1.29, 1.82) is 0 Å². The van der Waals surface area contributed by atoms with E-state index in [0.717, 1.165) is 99.9 Å². The van der Waals surface area contributed by atoms with Crippen LogP contribution in [0.15, 0.2) is 48.7 Å². The van der Waals surface area contributed by atoms with Gasteiger partial charge in [-0.25, -0.2) is 19.6 Å². The Bertz CT molecular complexity index is 2600. The normalized spacial score (nSPS) is 21.8. The van der Waals surface area contributed by atoms with Crippen LogP contribution in [0.2, 0.25) is 0 Å². The third-order valence-corrected chi connectivity index (χ3v) is 14.1. The summed E-state index contributed by atoms with van der Waals surface area (Å²) in [6, 6.07) is 12.8. The molecular weight excluding hydrogens is 829 g/mol. The van der Waals surface area contributed by atoms with Crippen LogP contribution in [0, 0.1) is 11.8 Å². The van der Waals surface area contributed by atoms with Crippen LogP contribution >= 0.6 is 0 Å². The third-order valence-electron chi connectivity index (χ3n) is 14.1. The Kier molecular flexibility index (Phi) is 12.5. The van der Waals surface area contributed by atoms with Crippen LogP contribution in [0.1, 0.15) is 108 Å². The number of amides is 4. The zero-order valence-electron chi connectivity index (χ0n) is 38.1. The topological polar surface area (TPSA) is 193 Å². The fourth-order valence-corrected chi connectivity index (χ4v) is 10.7. The average molecular weight is 889 g/mol. The van der Waals surface area contributed by atoms with E-state index in [-0.39, 0.29) is 47.8 Å². The van der Waals surface area contributed by atoms with Gasteiger partial charge in [0.2, 0.25) is 11.8 Å². The number of nitrogens with one attached hydrogen (secondary N) is 4. The minimum Gasteiger partial charge on any atom is -0.488 e. The van der Waals surface area contributed by atoms with E-state index in [2.05, 4.69) is 63.9 Å². The van der Waals surface area contributed by atoms with E-state index in [1.807, 2.05) is 42.8 Å². The highest BCUT2D eigenvalue weighted by Gasteiger charge is 2.45. The lowest BCUT2D eigenvalue weighted by atomic mass is 9.90. The molecule has 3 fully saturated rings. The molecule has 16 heteroatoms. The van der Waals surface area contributed by atoms with Gasteiger partial charge in [-0.15, -0.1) is 0 Å². The summed E-state index contributed by atoms with van der Waals surface area (Å²) in [5.41, 5.74) is 6.62. The van der Waals surface area contributed by atoms with Gasteiger partial charge in [-0.05, 0) is 110 Å². The van der Waals surface area contributed by atoms with E-state index < -0.39 is 24.3 Å². The standard InChI is InChI=1S/C49H60N8O8/c1-7-8-32-12-16-39(57(32)47(59)42(55-49(61)63-6)28-17-19-64-20-18-28)45-51-36-14-11-29-22-35-33-13-10-30(21-31(33)25-65-40(35)23-34(29)43(36)53-45)37-24-50-44(52-37)38-15-9-27(4)56(38)46(58)41(26(2)3)54-48(60)62-5/h10-11,13-14,21-24,26-28,32,38-39,41-42H,7-9,12,15-20,25H2,1-6H3,(H,50,52)(H,51,53)(H,54,60)(H,55,61)/t27-,32-,38-,39-,41-,42-/m0/s1. The molecule has 4 aliphatic rings. The molecule has 0 radical (unpaired) electrons. The van der Waals surface area contributed by atoms with Crippen LogP contribution in [0.25, 0.3) is 44.2 Å². The lowest BCUT2D eigenvalue weighted by Gasteiger charge is -2.36. The number of alkyl carbamates (subject to hydrolysis) is 2. The molecule has 6 atom stereocenters. The fraction of sp³-hybridized carbons (Fsp3) is 0.510. The second-order valence-electron chi connectivity index (χ2n) is 18.4. The first kappa shape index (κ1) is 44.1. The van der Waals surface area contributed by atoms with Crippen molar-refractivity contribution >= 4 is 45.8 Å². The van der Waals surface area contributed by atoms with Gasteiger partial charge >= 0.3 is 12.2 Å². The molecule has 0 bridgehead atoms. The van der Waals surface area contributed by atoms with Gasteiger partial charge in [-0.1, -0.05) is 45.4 Å². The van der Waals surface area contributed by atoms with Crippen LogP contribution in [0.4, 0.5) is 9.59 Å². The molecule has 0 unspecified atom stereocenters. The molecule has 3 aromatic carbocycles. The monoisotopic (exact) mass is 888 g/mol. The largest absolute Gasteiger partial charge is 0.488 e. The number of carbonyl (C=O) groups is 4. The number of aromatic nitrogens is 4. The van der Waals surface area contributed by atoms with Crippen molar-refractivity contribution in [3.05, 3.63) is 65.9 Å². The number of rotatable bonds is 11. The molecule has 0 saturated carbocycles. The minimum absolute atomic E-state index is 0.0182. The van der Waals surface area contributed by atoms with Crippen LogP contribution in [0.3, 0.4) is 0 Å². The van der Waals surface area contributed by atoms with E-state index in [4.69, 9.17) is 28.9 Å². The quantitative estimate of drug-likeness (QED) is 0.101. The highest BCUT2D eigenvalue weighted by Crippen LogP contribution is 2.45. The maximum Gasteiger partial charge on any atom is 0.407 e. The number of methoxy groups -OCH3 is 2. The van der Waals surface area contributed by atoms with Crippen LogP contribution in [-0.2, 0) is 30.4 Å². The predicted octanol–water partition coefficient (Wildman–Crippen LogP) is 8.08. The third kappa shape index (κ3) is 8.36. The molecule has 0 spiro atoms. The van der Waals surface area contributed by atoms with Gasteiger partial charge in [0.05, 0.1) is 49.2 Å². The molecule has 3 saturated heterocycles. The number of fused-ring (bicyclic) bond motifs is 6. The molecule has 5 aromatic rings. The number of carbonyl (C=O) groups excluding carboxylic acids is 4. The van der Waals surface area contributed by atoms with Crippen LogP contribution < -0.4 is 15.4 Å². The summed E-state index contributed by atoms with van der Waals surface area (Å²) in [7, 11) is 2.62. The minimum atomic E-state index is -0.721. The van der Waals surface area contributed by atoms with Crippen molar-refractivity contribution in [3.63, 3.8) is 0 Å². The summed E-state index contributed by atoms with van der Waals surface area (Å²) in [5, 5.41) is 7.63. The van der Waals surface area contributed by atoms with Gasteiger partial charge in [0.1, 0.15) is 36.1 Å². The highest BCUT2D eigenvalue weighted by atomic mass is 16.5. The number of imidazole rings is 2. The van der Waals surface area contributed by atoms with Gasteiger partial charge in [0.15, 0.2) is 0 Å². The molecule has 0 aliphatic carbocycles. The first-order valence-corrected chi connectivity index (χ1v) is 23.2. The molecule has 4 amide bonds. The molecular formula is C49H60N8O8. The second kappa shape index (κ2) is 18.4. The number of H-pyrrole nitrogens is 2. The van der Waals surface area contributed by atoms with E-state index >= 15 is 0 Å². The number of likely N-dealkylation sites (tertiary alicyclic amines) is 2. The van der Waals surface area contributed by atoms with Crippen molar-refractivity contribution in [1.82, 2.24) is 40.4 Å². The second-order valence-corrected chi connectivity index (χ2v) is 18.4. The zero-order chi connectivity index (χ0) is 45.5. The first-order chi connectivity index (χ1) is 31.5. The molecule has 6 heterocycles. The SMILES string of the molecule is CCC[C@H]1CC[C@@H](c2nc3ccc4cc5c(cc4c3[nH]2)OCc2cc(-c3cnc([C@@H]4CC[C@H](C)N4C(=O)[C@@H](NC(=O)OC)C(C)C)[nH]3)ccc2-5)N1C(=O)[C@@H](NC(=O)OC)C1CCOCC1. The van der Waals surface area contributed by atoms with Crippen molar-refractivity contribution in [2.24, 2.45) is 11.8 Å². The molecule has 4 aliphatic heterocycles. The summed E-state index contributed by atoms with van der Waals surface area (Å²) in [6.07, 6.45) is 6.91. The Morgan fingerprint density at radius 2 is 1.60 bits per heavy atom. The van der Waals surface area contributed by atoms with E-state index in [0.29, 0.717) is 38.5 Å². The molecule has 344 valence electrons.